The van der Waals surface area contributed by atoms with Gasteiger partial charge < -0.3 is 30.3 Å². The van der Waals surface area contributed by atoms with Crippen molar-refractivity contribution in [1.29, 1.82) is 0 Å². The molecule has 1 saturated heterocycles. The van der Waals surface area contributed by atoms with Crippen LogP contribution in [0, 0.1) is 10.1 Å². The van der Waals surface area contributed by atoms with Gasteiger partial charge in [0, 0.05) is 18.6 Å². The molecule has 0 unspecified atom stereocenters. The van der Waals surface area contributed by atoms with Gasteiger partial charge in [-0.05, 0) is 5.56 Å². The molecule has 2 rings (SSSR count). The summed E-state index contributed by atoms with van der Waals surface area (Å²) in [7, 11) is 0. The zero-order chi connectivity index (χ0) is 17.4. The minimum atomic E-state index is -2.47. The van der Waals surface area contributed by atoms with Gasteiger partial charge >= 0.3 is 5.97 Å². The number of rotatable bonds is 4. The highest BCUT2D eigenvalue weighted by Gasteiger charge is 2.54. The lowest BCUT2D eigenvalue weighted by Crippen LogP contribution is -2.66. The van der Waals surface area contributed by atoms with Crippen LogP contribution in [0.15, 0.2) is 24.3 Å². The first kappa shape index (κ1) is 17.2. The number of carboxylic acids is 1. The fourth-order valence-corrected chi connectivity index (χ4v) is 2.36. The van der Waals surface area contributed by atoms with Crippen molar-refractivity contribution < 1.29 is 40.0 Å². The molecule has 1 fully saturated rings. The third-order valence-corrected chi connectivity index (χ3v) is 3.62. The number of aliphatic carboxylic acids is 1. The third-order valence-electron chi connectivity index (χ3n) is 3.62. The van der Waals surface area contributed by atoms with Gasteiger partial charge in [-0.1, -0.05) is 12.1 Å². The Bertz CT molecular complexity index is 604. The highest BCUT2D eigenvalue weighted by molar-refractivity contribution is 5.73. The number of benzene rings is 1. The Kier molecular flexibility index (Phi) is 4.63. The van der Waals surface area contributed by atoms with E-state index in [2.05, 4.69) is 0 Å². The lowest BCUT2D eigenvalue weighted by Gasteiger charge is -2.44. The molecule has 1 aliphatic heterocycles. The van der Waals surface area contributed by atoms with Crippen LogP contribution < -0.4 is 0 Å². The summed E-state index contributed by atoms with van der Waals surface area (Å²) in [6.45, 7) is 0. The van der Waals surface area contributed by atoms with Crippen molar-refractivity contribution >= 4 is 11.7 Å². The van der Waals surface area contributed by atoms with Crippen LogP contribution in [0.2, 0.25) is 0 Å². The maximum absolute atomic E-state index is 11.0. The monoisotopic (exact) mass is 329 g/mol. The van der Waals surface area contributed by atoms with Crippen LogP contribution in [0.1, 0.15) is 5.56 Å². The first-order valence-corrected chi connectivity index (χ1v) is 6.56. The van der Waals surface area contributed by atoms with E-state index in [0.29, 0.717) is 5.56 Å². The van der Waals surface area contributed by atoms with E-state index in [1.54, 1.807) is 0 Å². The summed E-state index contributed by atoms with van der Waals surface area (Å²) in [4.78, 5) is 21.0. The van der Waals surface area contributed by atoms with E-state index in [1.807, 2.05) is 0 Å². The molecule has 0 bridgehead atoms. The first-order valence-electron chi connectivity index (χ1n) is 6.56. The molecular weight excluding hydrogens is 314 g/mol. The minimum absolute atomic E-state index is 0.190. The van der Waals surface area contributed by atoms with Crippen molar-refractivity contribution in [3.05, 3.63) is 39.9 Å². The molecule has 0 amide bonds. The Balaban J connectivity index is 2.24. The standard InChI is InChI=1S/C13H15NO9/c15-8-9(16)11(17)13(20,23-10(8)12(18)19)5-6-1-3-7(4-2-6)14(21)22/h1-4,8-11,15-17,20H,5H2,(H,18,19)/t8-,9-,10-,11+,13+/m0/s1. The number of carbonyl (C=O) groups is 1. The van der Waals surface area contributed by atoms with Gasteiger partial charge in [-0.2, -0.15) is 0 Å². The average Bonchev–Trinajstić information content (AvgIpc) is 2.49. The minimum Gasteiger partial charge on any atom is -0.479 e. The summed E-state index contributed by atoms with van der Waals surface area (Å²) >= 11 is 0. The van der Waals surface area contributed by atoms with Gasteiger partial charge in [-0.25, -0.2) is 4.79 Å². The number of carboxylic acid groups (broad SMARTS) is 1. The lowest BCUT2D eigenvalue weighted by molar-refractivity contribution is -0.384. The molecule has 0 aliphatic carbocycles. The predicted molar refractivity (Wildman–Crippen MR) is 72.3 cm³/mol. The van der Waals surface area contributed by atoms with E-state index in [9.17, 15) is 35.3 Å². The number of aliphatic hydroxyl groups is 4. The Morgan fingerprint density at radius 3 is 2.26 bits per heavy atom. The van der Waals surface area contributed by atoms with Crippen LogP contribution in [-0.4, -0.2) is 66.6 Å². The van der Waals surface area contributed by atoms with Crippen molar-refractivity contribution in [3.8, 4) is 0 Å². The molecule has 10 heteroatoms. The van der Waals surface area contributed by atoms with Crippen molar-refractivity contribution in [2.45, 2.75) is 36.6 Å². The SMILES string of the molecule is O=C(O)[C@H]1O[C@](O)(Cc2ccc([N+](=O)[O-])cc2)[C@H](O)[C@@H](O)[C@@H]1O. The zero-order valence-corrected chi connectivity index (χ0v) is 11.6. The molecule has 10 nitrogen and oxygen atoms in total. The van der Waals surface area contributed by atoms with Crippen molar-refractivity contribution in [3.63, 3.8) is 0 Å². The van der Waals surface area contributed by atoms with E-state index in [0.717, 1.165) is 12.1 Å². The topological polar surface area (TPSA) is 171 Å². The third kappa shape index (κ3) is 3.30. The smallest absolute Gasteiger partial charge is 0.335 e. The highest BCUT2D eigenvalue weighted by atomic mass is 16.7. The molecule has 1 aliphatic rings. The summed E-state index contributed by atoms with van der Waals surface area (Å²) in [5, 5.41) is 59.0. The quantitative estimate of drug-likeness (QED) is 0.322. The largest absolute Gasteiger partial charge is 0.479 e. The Morgan fingerprint density at radius 2 is 1.78 bits per heavy atom. The van der Waals surface area contributed by atoms with E-state index < -0.39 is 47.5 Å². The van der Waals surface area contributed by atoms with Crippen LogP contribution in [0.4, 0.5) is 5.69 Å². The molecule has 5 atom stereocenters. The molecule has 0 spiro atoms. The molecule has 0 saturated carbocycles. The molecule has 1 heterocycles. The van der Waals surface area contributed by atoms with Crippen molar-refractivity contribution in [2.24, 2.45) is 0 Å². The first-order chi connectivity index (χ1) is 10.7. The average molecular weight is 329 g/mol. The molecule has 1 aromatic carbocycles. The van der Waals surface area contributed by atoms with Crippen LogP contribution in [0.5, 0.6) is 0 Å². The lowest BCUT2D eigenvalue weighted by atomic mass is 9.88. The zero-order valence-electron chi connectivity index (χ0n) is 11.6. The predicted octanol–water partition coefficient (Wildman–Crippen LogP) is -1.61. The Labute approximate surface area is 129 Å². The van der Waals surface area contributed by atoms with Crippen LogP contribution in [-0.2, 0) is 16.0 Å². The van der Waals surface area contributed by atoms with E-state index in [1.165, 1.54) is 12.1 Å². The number of nitrogens with zero attached hydrogens (tertiary/aromatic N) is 1. The molecule has 23 heavy (non-hydrogen) atoms. The number of hydrogen-bond acceptors (Lipinski definition) is 8. The number of non-ortho nitro benzene ring substituents is 1. The van der Waals surface area contributed by atoms with Gasteiger partial charge in [0.25, 0.3) is 5.69 Å². The summed E-state index contributed by atoms with van der Waals surface area (Å²) in [5.41, 5.74) is 0.106. The van der Waals surface area contributed by atoms with Crippen LogP contribution in [0.3, 0.4) is 0 Å². The normalized spacial score (nSPS) is 34.1. The number of ether oxygens (including phenoxy) is 1. The van der Waals surface area contributed by atoms with Crippen LogP contribution >= 0.6 is 0 Å². The van der Waals surface area contributed by atoms with Gasteiger partial charge in [0.15, 0.2) is 11.9 Å². The van der Waals surface area contributed by atoms with Crippen LogP contribution in [0.25, 0.3) is 0 Å². The molecule has 0 aromatic heterocycles. The van der Waals surface area contributed by atoms with E-state index in [-0.39, 0.29) is 5.69 Å². The molecule has 126 valence electrons. The summed E-state index contributed by atoms with van der Waals surface area (Å²) in [6, 6.07) is 4.90. The molecule has 5 N–H and O–H groups in total. The second-order valence-electron chi connectivity index (χ2n) is 5.25. The van der Waals surface area contributed by atoms with Crippen molar-refractivity contribution in [2.75, 3.05) is 0 Å². The fourth-order valence-electron chi connectivity index (χ4n) is 2.36. The second-order valence-corrected chi connectivity index (χ2v) is 5.25. The maximum Gasteiger partial charge on any atom is 0.335 e. The molecular formula is C13H15NO9. The Hall–Kier alpha value is -2.11. The number of aliphatic hydroxyl groups excluding tert-OH is 3. The van der Waals surface area contributed by atoms with Gasteiger partial charge in [0.2, 0.25) is 0 Å². The summed E-state index contributed by atoms with van der Waals surface area (Å²) in [6.07, 6.45) is -8.20. The molecule has 1 aromatic rings. The van der Waals surface area contributed by atoms with Crippen molar-refractivity contribution in [1.82, 2.24) is 0 Å². The number of nitro groups is 1. The number of nitro benzene ring substituents is 1. The van der Waals surface area contributed by atoms with Gasteiger partial charge in [-0.3, -0.25) is 10.1 Å². The van der Waals surface area contributed by atoms with E-state index in [4.69, 9.17) is 9.84 Å². The summed E-state index contributed by atoms with van der Waals surface area (Å²) in [5.74, 6) is -4.09. The number of hydrogen-bond donors (Lipinski definition) is 5. The van der Waals surface area contributed by atoms with Gasteiger partial charge in [0.05, 0.1) is 4.92 Å². The second kappa shape index (κ2) is 6.18. The molecule has 0 radical (unpaired) electrons. The Morgan fingerprint density at radius 1 is 1.22 bits per heavy atom. The summed E-state index contributed by atoms with van der Waals surface area (Å²) < 4.78 is 4.87. The highest BCUT2D eigenvalue weighted by Crippen LogP contribution is 2.31. The van der Waals surface area contributed by atoms with Gasteiger partial charge in [-0.15, -0.1) is 0 Å². The maximum atomic E-state index is 11.0. The van der Waals surface area contributed by atoms with E-state index >= 15 is 0 Å². The van der Waals surface area contributed by atoms with Gasteiger partial charge in [0.1, 0.15) is 18.3 Å². The fraction of sp³-hybridized carbons (Fsp3) is 0.462.